The molecule has 2 aliphatic rings. The van der Waals surface area contributed by atoms with Crippen molar-refractivity contribution in [3.05, 3.63) is 66.8 Å². The SMILES string of the molecule is CCc1c(Oc2c(C)cc(-n3nc(N)c(=O)[nH]c3=O)cc2Cl)ccc2c1C1(CC1)C(=O)N2. The molecule has 1 aliphatic heterocycles. The monoisotopic (exact) mass is 453 g/mol. The Labute approximate surface area is 187 Å². The van der Waals surface area contributed by atoms with E-state index >= 15 is 0 Å². The zero-order chi connectivity index (χ0) is 22.8. The number of fused-ring (bicyclic) bond motifs is 2. The topological polar surface area (TPSA) is 132 Å². The molecule has 10 heteroatoms. The molecule has 3 aromatic rings. The first-order valence-corrected chi connectivity index (χ1v) is 10.6. The van der Waals surface area contributed by atoms with Gasteiger partial charge in [-0.25, -0.2) is 4.79 Å². The molecule has 4 N–H and O–H groups in total. The number of rotatable bonds is 4. The second-order valence-electron chi connectivity index (χ2n) is 8.09. The van der Waals surface area contributed by atoms with Gasteiger partial charge in [0.2, 0.25) is 11.7 Å². The molecule has 0 unspecified atom stereocenters. The Morgan fingerprint density at radius 2 is 2.00 bits per heavy atom. The lowest BCUT2D eigenvalue weighted by Gasteiger charge is -2.18. The summed E-state index contributed by atoms with van der Waals surface area (Å²) in [5.74, 6) is 0.783. The van der Waals surface area contributed by atoms with Crippen molar-refractivity contribution in [2.75, 3.05) is 11.1 Å². The minimum absolute atomic E-state index is 0.0519. The van der Waals surface area contributed by atoms with E-state index in [-0.39, 0.29) is 16.7 Å². The molecule has 32 heavy (non-hydrogen) atoms. The van der Waals surface area contributed by atoms with Crippen LogP contribution in [-0.2, 0) is 16.6 Å². The first kappa shape index (κ1) is 20.3. The Balaban J connectivity index is 1.57. The molecule has 1 amide bonds. The van der Waals surface area contributed by atoms with Gasteiger partial charge in [-0.1, -0.05) is 18.5 Å². The quantitative estimate of drug-likeness (QED) is 0.556. The zero-order valence-corrected chi connectivity index (χ0v) is 18.2. The number of nitrogens with one attached hydrogen (secondary N) is 2. The van der Waals surface area contributed by atoms with E-state index < -0.39 is 16.7 Å². The lowest BCUT2D eigenvalue weighted by atomic mass is 9.91. The standard InChI is InChI=1S/C22H20ClN5O4/c1-3-12-15(5-4-14-16(12)22(6-7-22)20(30)25-14)32-17-10(2)8-11(9-13(17)23)28-21(31)26-19(29)18(24)27-28/h4-5,8-9H,3,6-7H2,1-2H3,(H2,24,27)(H,25,30)(H,26,29,31). The maximum absolute atomic E-state index is 12.5. The van der Waals surface area contributed by atoms with Gasteiger partial charge in [0, 0.05) is 11.3 Å². The number of hydrogen-bond acceptors (Lipinski definition) is 6. The number of H-pyrrole nitrogens is 1. The number of ether oxygens (including phenoxy) is 1. The Morgan fingerprint density at radius 1 is 1.25 bits per heavy atom. The lowest BCUT2D eigenvalue weighted by molar-refractivity contribution is -0.117. The normalized spacial score (nSPS) is 15.5. The number of benzene rings is 2. The molecule has 1 aromatic heterocycles. The Hall–Kier alpha value is -3.59. The highest BCUT2D eigenvalue weighted by atomic mass is 35.5. The number of amides is 1. The number of aryl methyl sites for hydroxylation is 1. The van der Waals surface area contributed by atoms with Crippen molar-refractivity contribution in [2.45, 2.75) is 38.5 Å². The van der Waals surface area contributed by atoms with Gasteiger partial charge in [-0.2, -0.15) is 4.68 Å². The summed E-state index contributed by atoms with van der Waals surface area (Å²) in [7, 11) is 0. The van der Waals surface area contributed by atoms with E-state index in [2.05, 4.69) is 15.4 Å². The first-order chi connectivity index (χ1) is 15.2. The first-order valence-electron chi connectivity index (χ1n) is 10.2. The fourth-order valence-electron chi connectivity index (χ4n) is 4.35. The van der Waals surface area contributed by atoms with Crippen LogP contribution in [0.15, 0.2) is 33.9 Å². The summed E-state index contributed by atoms with van der Waals surface area (Å²) in [5, 5.41) is 7.08. The summed E-state index contributed by atoms with van der Waals surface area (Å²) in [6, 6.07) is 6.87. The minimum Gasteiger partial charge on any atom is -0.455 e. The highest BCUT2D eigenvalue weighted by molar-refractivity contribution is 6.32. The predicted molar refractivity (Wildman–Crippen MR) is 120 cm³/mol. The largest absolute Gasteiger partial charge is 0.455 e. The van der Waals surface area contributed by atoms with E-state index in [4.69, 9.17) is 22.1 Å². The summed E-state index contributed by atoms with van der Waals surface area (Å²) in [5.41, 5.74) is 7.47. The number of carbonyl (C=O) groups excluding carboxylic acids is 1. The summed E-state index contributed by atoms with van der Waals surface area (Å²) < 4.78 is 7.22. The Kier molecular flexibility index (Phi) is 4.42. The molecule has 0 saturated heterocycles. The summed E-state index contributed by atoms with van der Waals surface area (Å²) >= 11 is 6.52. The lowest BCUT2D eigenvalue weighted by Crippen LogP contribution is -2.33. The minimum atomic E-state index is -0.751. The third-order valence-corrected chi connectivity index (χ3v) is 6.34. The van der Waals surface area contributed by atoms with Crippen molar-refractivity contribution in [3.8, 4) is 17.2 Å². The van der Waals surface area contributed by atoms with Crippen molar-refractivity contribution in [1.29, 1.82) is 0 Å². The fourth-order valence-corrected chi connectivity index (χ4v) is 4.64. The van der Waals surface area contributed by atoms with Crippen molar-refractivity contribution in [3.63, 3.8) is 0 Å². The molecule has 1 fully saturated rings. The van der Waals surface area contributed by atoms with Gasteiger partial charge >= 0.3 is 5.69 Å². The molecule has 0 bridgehead atoms. The molecule has 1 saturated carbocycles. The van der Waals surface area contributed by atoms with Gasteiger partial charge in [0.1, 0.15) is 11.5 Å². The molecule has 164 valence electrons. The van der Waals surface area contributed by atoms with Gasteiger partial charge in [0.05, 0.1) is 16.1 Å². The Bertz CT molecular complexity index is 1400. The maximum atomic E-state index is 12.5. The van der Waals surface area contributed by atoms with Crippen LogP contribution in [0.25, 0.3) is 5.69 Å². The molecule has 2 aromatic carbocycles. The molecule has 1 aliphatic carbocycles. The van der Waals surface area contributed by atoms with Crippen molar-refractivity contribution in [2.24, 2.45) is 0 Å². The molecule has 1 spiro atoms. The molecular formula is C22H20ClN5O4. The van der Waals surface area contributed by atoms with Crippen LogP contribution in [0.5, 0.6) is 11.5 Å². The number of anilines is 2. The van der Waals surface area contributed by atoms with Crippen LogP contribution in [0.3, 0.4) is 0 Å². The average Bonchev–Trinajstić information content (AvgIpc) is 3.49. The molecule has 9 nitrogen and oxygen atoms in total. The highest BCUT2D eigenvalue weighted by Crippen LogP contribution is 2.58. The summed E-state index contributed by atoms with van der Waals surface area (Å²) in [4.78, 5) is 38.2. The van der Waals surface area contributed by atoms with E-state index in [0.717, 1.165) is 34.3 Å². The molecule has 2 heterocycles. The van der Waals surface area contributed by atoms with Crippen LogP contribution in [0.2, 0.25) is 5.02 Å². The van der Waals surface area contributed by atoms with Crippen molar-refractivity contribution >= 4 is 29.0 Å². The van der Waals surface area contributed by atoms with Gasteiger partial charge < -0.3 is 15.8 Å². The number of carbonyl (C=O) groups is 1. The van der Waals surface area contributed by atoms with Crippen LogP contribution in [0, 0.1) is 6.92 Å². The van der Waals surface area contributed by atoms with E-state index in [0.29, 0.717) is 29.2 Å². The van der Waals surface area contributed by atoms with Crippen molar-refractivity contribution in [1.82, 2.24) is 14.8 Å². The molecule has 5 rings (SSSR count). The Morgan fingerprint density at radius 3 is 2.66 bits per heavy atom. The number of nitrogens with two attached hydrogens (primary N) is 1. The van der Waals surface area contributed by atoms with E-state index in [1.54, 1.807) is 13.0 Å². The third kappa shape index (κ3) is 2.92. The second-order valence-corrected chi connectivity index (χ2v) is 8.49. The number of hydrogen-bond donors (Lipinski definition) is 3. The second kappa shape index (κ2) is 6.96. The van der Waals surface area contributed by atoms with Gasteiger partial charge in [0.25, 0.3) is 5.56 Å². The molecule has 0 radical (unpaired) electrons. The number of aromatic nitrogens is 3. The van der Waals surface area contributed by atoms with Crippen LogP contribution in [0.4, 0.5) is 11.5 Å². The van der Waals surface area contributed by atoms with Gasteiger partial charge in [-0.05, 0) is 61.6 Å². The smallest absolute Gasteiger partial charge is 0.349 e. The summed E-state index contributed by atoms with van der Waals surface area (Å²) in [6.45, 7) is 3.81. The van der Waals surface area contributed by atoms with Crippen LogP contribution >= 0.6 is 11.6 Å². The van der Waals surface area contributed by atoms with Gasteiger partial charge in [0.15, 0.2) is 0 Å². The molecule has 0 atom stereocenters. The number of nitrogens with zero attached hydrogens (tertiary/aromatic N) is 2. The average molecular weight is 454 g/mol. The highest BCUT2D eigenvalue weighted by Gasteiger charge is 2.57. The van der Waals surface area contributed by atoms with E-state index in [1.807, 2.05) is 19.1 Å². The predicted octanol–water partition coefficient (Wildman–Crippen LogP) is 2.80. The maximum Gasteiger partial charge on any atom is 0.349 e. The van der Waals surface area contributed by atoms with E-state index in [9.17, 15) is 14.4 Å². The van der Waals surface area contributed by atoms with Crippen molar-refractivity contribution < 1.29 is 9.53 Å². The van der Waals surface area contributed by atoms with Crippen LogP contribution in [-0.4, -0.2) is 20.7 Å². The number of aromatic amines is 1. The van der Waals surface area contributed by atoms with Gasteiger partial charge in [-0.3, -0.25) is 14.6 Å². The van der Waals surface area contributed by atoms with Crippen LogP contribution < -0.4 is 27.0 Å². The third-order valence-electron chi connectivity index (χ3n) is 6.06. The zero-order valence-electron chi connectivity index (χ0n) is 17.4. The van der Waals surface area contributed by atoms with E-state index in [1.165, 1.54) is 6.07 Å². The number of nitrogen functional groups attached to an aromatic ring is 1. The van der Waals surface area contributed by atoms with Crippen LogP contribution in [0.1, 0.15) is 36.5 Å². The number of halogens is 1. The fraction of sp³-hybridized carbons (Fsp3) is 0.273. The summed E-state index contributed by atoms with van der Waals surface area (Å²) in [6.07, 6.45) is 2.36. The van der Waals surface area contributed by atoms with Gasteiger partial charge in [-0.15, -0.1) is 5.10 Å². The molecular weight excluding hydrogens is 434 g/mol.